The zero-order valence-corrected chi connectivity index (χ0v) is 13.2. The number of amides is 1. The minimum absolute atomic E-state index is 0.0149. The molecule has 0 aromatic rings. The average Bonchev–Trinajstić information content (AvgIpc) is 2.87. The van der Waals surface area contributed by atoms with E-state index in [-0.39, 0.29) is 18.1 Å². The molecule has 3 nitrogen and oxygen atoms in total. The van der Waals surface area contributed by atoms with Gasteiger partial charge in [0, 0.05) is 6.42 Å². The lowest BCUT2D eigenvalue weighted by atomic mass is 10.0. The van der Waals surface area contributed by atoms with Gasteiger partial charge in [-0.2, -0.15) is 0 Å². The summed E-state index contributed by atoms with van der Waals surface area (Å²) in [5.41, 5.74) is 0. The number of aliphatic hydroxyl groups is 1. The third-order valence-corrected chi connectivity index (χ3v) is 4.35. The molecule has 1 aliphatic heterocycles. The van der Waals surface area contributed by atoms with Gasteiger partial charge >= 0.3 is 0 Å². The van der Waals surface area contributed by atoms with Crippen molar-refractivity contribution in [3.8, 4) is 0 Å². The van der Waals surface area contributed by atoms with E-state index in [0.29, 0.717) is 6.42 Å². The minimum atomic E-state index is -0.338. The van der Waals surface area contributed by atoms with Gasteiger partial charge in [0.05, 0.1) is 12.1 Å². The summed E-state index contributed by atoms with van der Waals surface area (Å²) in [5, 5.41) is 12.8. The van der Waals surface area contributed by atoms with Crippen LogP contribution >= 0.6 is 0 Å². The number of nitrogens with one attached hydrogen (secondary N) is 1. The highest BCUT2D eigenvalue weighted by atomic mass is 16.3. The first-order chi connectivity index (χ1) is 9.74. The maximum atomic E-state index is 11.1. The minimum Gasteiger partial charge on any atom is -0.391 e. The lowest BCUT2D eigenvalue weighted by Crippen LogP contribution is -2.36. The van der Waals surface area contributed by atoms with Crippen LogP contribution in [0.2, 0.25) is 0 Å². The van der Waals surface area contributed by atoms with E-state index >= 15 is 0 Å². The molecule has 0 radical (unpaired) electrons. The molecule has 0 aromatic heterocycles. The van der Waals surface area contributed by atoms with Crippen molar-refractivity contribution in [1.82, 2.24) is 5.32 Å². The van der Waals surface area contributed by atoms with Gasteiger partial charge in [-0.25, -0.2) is 0 Å². The first kappa shape index (κ1) is 17.5. The lowest BCUT2D eigenvalue weighted by Gasteiger charge is -2.17. The molecule has 20 heavy (non-hydrogen) atoms. The topological polar surface area (TPSA) is 49.3 Å². The Morgan fingerprint density at radius 2 is 1.60 bits per heavy atom. The van der Waals surface area contributed by atoms with Crippen LogP contribution in [-0.2, 0) is 4.79 Å². The lowest BCUT2D eigenvalue weighted by molar-refractivity contribution is -0.119. The van der Waals surface area contributed by atoms with E-state index in [1.54, 1.807) is 0 Å². The number of unbranched alkanes of at least 4 members (excludes halogenated alkanes) is 9. The predicted octanol–water partition coefficient (Wildman–Crippen LogP) is 3.94. The van der Waals surface area contributed by atoms with Crippen LogP contribution in [0.25, 0.3) is 0 Å². The quantitative estimate of drug-likeness (QED) is 0.533. The summed E-state index contributed by atoms with van der Waals surface area (Å²) in [6.45, 7) is 2.26. The Hall–Kier alpha value is -0.570. The Morgan fingerprint density at radius 1 is 1.05 bits per heavy atom. The van der Waals surface area contributed by atoms with Crippen molar-refractivity contribution in [3.05, 3.63) is 0 Å². The molecular formula is C17H33NO2. The molecule has 1 fully saturated rings. The van der Waals surface area contributed by atoms with Gasteiger partial charge in [0.25, 0.3) is 0 Å². The first-order valence-corrected chi connectivity index (χ1v) is 8.71. The standard InChI is InChI=1S/C17H33NO2/c1-2-3-4-5-6-7-8-9-10-11-12-16(19)15-13-14-17(20)18-15/h15-16,19H,2-14H2,1H3,(H,18,20)/t15?,16-/m0/s1. The van der Waals surface area contributed by atoms with E-state index in [1.165, 1.54) is 57.8 Å². The molecule has 118 valence electrons. The molecule has 1 heterocycles. The number of hydrogen-bond donors (Lipinski definition) is 2. The fourth-order valence-corrected chi connectivity index (χ4v) is 2.97. The van der Waals surface area contributed by atoms with Crippen LogP contribution in [0.5, 0.6) is 0 Å². The Morgan fingerprint density at radius 3 is 2.10 bits per heavy atom. The van der Waals surface area contributed by atoms with Gasteiger partial charge in [-0.15, -0.1) is 0 Å². The van der Waals surface area contributed by atoms with E-state index in [1.807, 2.05) is 0 Å². The highest BCUT2D eigenvalue weighted by Crippen LogP contribution is 2.16. The summed E-state index contributed by atoms with van der Waals surface area (Å²) < 4.78 is 0. The summed E-state index contributed by atoms with van der Waals surface area (Å²) in [4.78, 5) is 11.1. The number of carbonyl (C=O) groups is 1. The molecule has 1 unspecified atom stereocenters. The monoisotopic (exact) mass is 283 g/mol. The van der Waals surface area contributed by atoms with Crippen molar-refractivity contribution in [2.45, 2.75) is 103 Å². The van der Waals surface area contributed by atoms with Crippen molar-refractivity contribution in [2.75, 3.05) is 0 Å². The molecule has 3 heteroatoms. The van der Waals surface area contributed by atoms with Crippen LogP contribution in [0.4, 0.5) is 0 Å². The summed E-state index contributed by atoms with van der Waals surface area (Å²) in [6.07, 6.45) is 15.1. The van der Waals surface area contributed by atoms with E-state index in [4.69, 9.17) is 0 Å². The van der Waals surface area contributed by atoms with Crippen molar-refractivity contribution >= 4 is 5.91 Å². The Balaban J connectivity index is 1.83. The normalized spacial score (nSPS) is 20.1. The van der Waals surface area contributed by atoms with Crippen LogP contribution in [0.1, 0.15) is 90.4 Å². The van der Waals surface area contributed by atoms with Crippen LogP contribution in [0, 0.1) is 0 Å². The van der Waals surface area contributed by atoms with E-state index in [0.717, 1.165) is 19.3 Å². The molecule has 0 aromatic carbocycles. The average molecular weight is 283 g/mol. The molecule has 0 aliphatic carbocycles. The SMILES string of the molecule is CCCCCCCCCCCC[C@H](O)C1CCC(=O)N1. The molecule has 0 bridgehead atoms. The highest BCUT2D eigenvalue weighted by molar-refractivity contribution is 5.78. The smallest absolute Gasteiger partial charge is 0.220 e. The highest BCUT2D eigenvalue weighted by Gasteiger charge is 2.26. The van der Waals surface area contributed by atoms with Gasteiger partial charge < -0.3 is 10.4 Å². The van der Waals surface area contributed by atoms with Crippen molar-refractivity contribution in [2.24, 2.45) is 0 Å². The van der Waals surface area contributed by atoms with Gasteiger partial charge in [-0.3, -0.25) is 4.79 Å². The maximum absolute atomic E-state index is 11.1. The van der Waals surface area contributed by atoms with E-state index in [9.17, 15) is 9.90 Å². The van der Waals surface area contributed by atoms with Gasteiger partial charge in [-0.05, 0) is 12.8 Å². The van der Waals surface area contributed by atoms with Gasteiger partial charge in [0.15, 0.2) is 0 Å². The number of aliphatic hydroxyl groups excluding tert-OH is 1. The van der Waals surface area contributed by atoms with Gasteiger partial charge in [0.2, 0.25) is 5.91 Å². The maximum Gasteiger partial charge on any atom is 0.220 e. The molecule has 0 saturated carbocycles. The van der Waals surface area contributed by atoms with Crippen LogP contribution < -0.4 is 5.32 Å². The van der Waals surface area contributed by atoms with Gasteiger partial charge in [0.1, 0.15) is 0 Å². The number of carbonyl (C=O) groups excluding carboxylic acids is 1. The third kappa shape index (κ3) is 7.88. The molecule has 1 rings (SSSR count). The Bertz CT molecular complexity index is 255. The van der Waals surface area contributed by atoms with E-state index in [2.05, 4.69) is 12.2 Å². The second-order valence-electron chi connectivity index (χ2n) is 6.25. The second kappa shape index (κ2) is 11.1. The van der Waals surface area contributed by atoms with E-state index < -0.39 is 0 Å². The molecule has 0 spiro atoms. The zero-order valence-electron chi connectivity index (χ0n) is 13.2. The summed E-state index contributed by atoms with van der Waals surface area (Å²) in [6, 6.07) is 0.0149. The zero-order chi connectivity index (χ0) is 14.6. The molecular weight excluding hydrogens is 250 g/mol. The summed E-state index contributed by atoms with van der Waals surface area (Å²) >= 11 is 0. The van der Waals surface area contributed by atoms with Crippen LogP contribution in [0.3, 0.4) is 0 Å². The predicted molar refractivity (Wildman–Crippen MR) is 83.6 cm³/mol. The fourth-order valence-electron chi connectivity index (χ4n) is 2.97. The van der Waals surface area contributed by atoms with Gasteiger partial charge in [-0.1, -0.05) is 71.1 Å². The Kier molecular flexibility index (Phi) is 9.73. The van der Waals surface area contributed by atoms with Crippen LogP contribution in [-0.4, -0.2) is 23.2 Å². The second-order valence-corrected chi connectivity index (χ2v) is 6.25. The van der Waals surface area contributed by atoms with Crippen molar-refractivity contribution < 1.29 is 9.90 Å². The number of hydrogen-bond acceptors (Lipinski definition) is 2. The molecule has 1 saturated heterocycles. The van der Waals surface area contributed by atoms with Crippen LogP contribution in [0.15, 0.2) is 0 Å². The molecule has 1 amide bonds. The number of rotatable bonds is 12. The summed E-state index contributed by atoms with van der Waals surface area (Å²) in [7, 11) is 0. The molecule has 2 atom stereocenters. The Labute approximate surface area is 124 Å². The van der Waals surface area contributed by atoms with Crippen molar-refractivity contribution in [3.63, 3.8) is 0 Å². The first-order valence-electron chi connectivity index (χ1n) is 8.71. The fraction of sp³-hybridized carbons (Fsp3) is 0.941. The molecule has 2 N–H and O–H groups in total. The largest absolute Gasteiger partial charge is 0.391 e. The van der Waals surface area contributed by atoms with Crippen molar-refractivity contribution in [1.29, 1.82) is 0 Å². The third-order valence-electron chi connectivity index (χ3n) is 4.35. The molecule has 1 aliphatic rings. The summed E-state index contributed by atoms with van der Waals surface area (Å²) in [5.74, 6) is 0.0946.